The molecule has 6 heteroatoms. The van der Waals surface area contributed by atoms with Crippen molar-refractivity contribution in [1.29, 1.82) is 0 Å². The lowest BCUT2D eigenvalue weighted by atomic mass is 10.1. The number of thioether (sulfide) groups is 1. The maximum absolute atomic E-state index is 11.2. The molecule has 0 bridgehead atoms. The molecule has 0 aliphatic rings. The van der Waals surface area contributed by atoms with Crippen LogP contribution in [0.15, 0.2) is 71.9 Å². The van der Waals surface area contributed by atoms with E-state index in [1.165, 1.54) is 23.3 Å². The second-order valence-corrected chi connectivity index (χ2v) is 7.68. The molecule has 0 fully saturated rings. The smallest absolute Gasteiger partial charge is 0.221 e. The van der Waals surface area contributed by atoms with Gasteiger partial charge in [-0.25, -0.2) is 0 Å². The first-order valence-electron chi connectivity index (χ1n) is 9.56. The third kappa shape index (κ3) is 4.17. The van der Waals surface area contributed by atoms with Crippen molar-refractivity contribution in [2.24, 2.45) is 0 Å². The summed E-state index contributed by atoms with van der Waals surface area (Å²) in [6, 6.07) is 22.5. The molecule has 1 aromatic heterocycles. The number of hydrogen-bond donors (Lipinski definition) is 1. The summed E-state index contributed by atoms with van der Waals surface area (Å²) < 4.78 is 2.13. The summed E-state index contributed by atoms with van der Waals surface area (Å²) in [5.74, 6) is 1.59. The summed E-state index contributed by atoms with van der Waals surface area (Å²) in [4.78, 5) is 11.2. The summed E-state index contributed by atoms with van der Waals surface area (Å²) >= 11 is 1.70. The Morgan fingerprint density at radius 2 is 1.76 bits per heavy atom. The third-order valence-electron chi connectivity index (χ3n) is 4.73. The van der Waals surface area contributed by atoms with Crippen LogP contribution in [0.5, 0.6) is 0 Å². The number of hydrogen-bond acceptors (Lipinski definition) is 4. The molecule has 1 amide bonds. The first-order chi connectivity index (χ1) is 14.2. The normalized spacial score (nSPS) is 11.0. The van der Waals surface area contributed by atoms with E-state index in [1.54, 1.807) is 11.8 Å². The predicted octanol–water partition coefficient (Wildman–Crippen LogP) is 5.37. The number of aromatic nitrogens is 3. The van der Waals surface area contributed by atoms with Crippen LogP contribution in [0.2, 0.25) is 0 Å². The molecule has 4 rings (SSSR count). The Morgan fingerprint density at radius 1 is 1.00 bits per heavy atom. The summed E-state index contributed by atoms with van der Waals surface area (Å²) in [6.45, 7) is 4.38. The quantitative estimate of drug-likeness (QED) is 0.441. The minimum atomic E-state index is -0.0819. The fourth-order valence-electron chi connectivity index (χ4n) is 3.36. The van der Waals surface area contributed by atoms with Crippen LogP contribution in [0.4, 0.5) is 5.69 Å². The van der Waals surface area contributed by atoms with Crippen molar-refractivity contribution >= 4 is 34.1 Å². The second-order valence-electron chi connectivity index (χ2n) is 6.74. The topological polar surface area (TPSA) is 59.8 Å². The summed E-state index contributed by atoms with van der Waals surface area (Å²) in [5, 5.41) is 15.1. The molecule has 0 aliphatic carbocycles. The Balaban J connectivity index is 1.56. The second kappa shape index (κ2) is 8.49. The highest BCUT2D eigenvalue weighted by atomic mass is 32.2. The molecule has 1 heterocycles. The number of carbonyl (C=O) groups excluding carboxylic acids is 1. The number of anilines is 1. The average Bonchev–Trinajstić information content (AvgIpc) is 3.15. The van der Waals surface area contributed by atoms with Crippen LogP contribution in [0.3, 0.4) is 0 Å². The SMILES string of the molecule is CCn1c(SCc2cccc3ccccc23)nnc1-c1ccc(NC(C)=O)cc1. The molecule has 0 spiro atoms. The zero-order valence-electron chi connectivity index (χ0n) is 16.4. The van der Waals surface area contributed by atoms with E-state index in [1.807, 2.05) is 24.3 Å². The maximum atomic E-state index is 11.2. The van der Waals surface area contributed by atoms with Crippen LogP contribution in [0, 0.1) is 0 Å². The first-order valence-corrected chi connectivity index (χ1v) is 10.5. The molecule has 0 saturated heterocycles. The molecule has 1 N–H and O–H groups in total. The van der Waals surface area contributed by atoms with Gasteiger partial charge in [0.1, 0.15) is 0 Å². The highest BCUT2D eigenvalue weighted by molar-refractivity contribution is 7.98. The minimum absolute atomic E-state index is 0.0819. The molecule has 146 valence electrons. The zero-order valence-corrected chi connectivity index (χ0v) is 17.2. The fraction of sp³-hybridized carbons (Fsp3) is 0.174. The summed E-state index contributed by atoms with van der Waals surface area (Å²) in [6.07, 6.45) is 0. The molecule has 4 aromatic rings. The van der Waals surface area contributed by atoms with Gasteiger partial charge in [0.2, 0.25) is 5.91 Å². The molecular weight excluding hydrogens is 380 g/mol. The summed E-state index contributed by atoms with van der Waals surface area (Å²) in [5.41, 5.74) is 3.04. The summed E-state index contributed by atoms with van der Waals surface area (Å²) in [7, 11) is 0. The number of nitrogens with one attached hydrogen (secondary N) is 1. The lowest BCUT2D eigenvalue weighted by molar-refractivity contribution is -0.114. The largest absolute Gasteiger partial charge is 0.326 e. The minimum Gasteiger partial charge on any atom is -0.326 e. The molecule has 0 atom stereocenters. The lowest BCUT2D eigenvalue weighted by Crippen LogP contribution is -2.05. The van der Waals surface area contributed by atoms with E-state index in [0.29, 0.717) is 0 Å². The van der Waals surface area contributed by atoms with Gasteiger partial charge in [0.15, 0.2) is 11.0 Å². The van der Waals surface area contributed by atoms with E-state index < -0.39 is 0 Å². The van der Waals surface area contributed by atoms with Crippen LogP contribution < -0.4 is 5.32 Å². The Kier molecular flexibility index (Phi) is 5.62. The van der Waals surface area contributed by atoms with Gasteiger partial charge in [0, 0.05) is 30.5 Å². The van der Waals surface area contributed by atoms with Crippen LogP contribution in [0.1, 0.15) is 19.4 Å². The molecule has 0 radical (unpaired) electrons. The van der Waals surface area contributed by atoms with Gasteiger partial charge in [0.25, 0.3) is 0 Å². The number of amides is 1. The predicted molar refractivity (Wildman–Crippen MR) is 119 cm³/mol. The lowest BCUT2D eigenvalue weighted by Gasteiger charge is -2.09. The molecule has 29 heavy (non-hydrogen) atoms. The number of rotatable bonds is 6. The number of nitrogens with zero attached hydrogens (tertiary/aromatic N) is 3. The standard InChI is InChI=1S/C23H22N4OS/c1-3-27-22(18-11-13-20(14-12-18)24-16(2)28)25-26-23(27)29-15-19-9-6-8-17-7-4-5-10-21(17)19/h4-14H,3,15H2,1-2H3,(H,24,28). The Labute approximate surface area is 174 Å². The van der Waals surface area contributed by atoms with Crippen molar-refractivity contribution in [3.63, 3.8) is 0 Å². The van der Waals surface area contributed by atoms with Gasteiger partial charge in [0.05, 0.1) is 0 Å². The van der Waals surface area contributed by atoms with E-state index in [2.05, 4.69) is 69.5 Å². The Morgan fingerprint density at radius 3 is 2.52 bits per heavy atom. The fourth-order valence-corrected chi connectivity index (χ4v) is 4.37. The van der Waals surface area contributed by atoms with Crippen molar-refractivity contribution < 1.29 is 4.79 Å². The van der Waals surface area contributed by atoms with Gasteiger partial charge in [-0.1, -0.05) is 54.2 Å². The first kappa shape index (κ1) is 19.2. The van der Waals surface area contributed by atoms with Gasteiger partial charge >= 0.3 is 0 Å². The van der Waals surface area contributed by atoms with Crippen LogP contribution in [-0.4, -0.2) is 20.7 Å². The molecule has 5 nitrogen and oxygen atoms in total. The Bertz CT molecular complexity index is 1150. The van der Waals surface area contributed by atoms with Crippen molar-refractivity contribution in [3.05, 3.63) is 72.3 Å². The number of carbonyl (C=O) groups is 1. The average molecular weight is 403 g/mol. The van der Waals surface area contributed by atoms with Crippen molar-refractivity contribution in [2.45, 2.75) is 31.3 Å². The van der Waals surface area contributed by atoms with Crippen molar-refractivity contribution in [1.82, 2.24) is 14.8 Å². The van der Waals surface area contributed by atoms with Gasteiger partial charge in [-0.15, -0.1) is 10.2 Å². The highest BCUT2D eigenvalue weighted by Crippen LogP contribution is 2.29. The van der Waals surface area contributed by atoms with E-state index in [0.717, 1.165) is 34.5 Å². The third-order valence-corrected chi connectivity index (χ3v) is 5.75. The Hall–Kier alpha value is -3.12. The van der Waals surface area contributed by atoms with E-state index in [9.17, 15) is 4.79 Å². The number of fused-ring (bicyclic) bond motifs is 1. The molecule has 0 aliphatic heterocycles. The molecular formula is C23H22N4OS. The zero-order chi connectivity index (χ0) is 20.2. The van der Waals surface area contributed by atoms with Gasteiger partial charge in [-0.2, -0.15) is 0 Å². The van der Waals surface area contributed by atoms with E-state index >= 15 is 0 Å². The van der Waals surface area contributed by atoms with Crippen LogP contribution >= 0.6 is 11.8 Å². The molecule has 0 saturated carbocycles. The monoisotopic (exact) mass is 402 g/mol. The van der Waals surface area contributed by atoms with E-state index in [4.69, 9.17) is 0 Å². The van der Waals surface area contributed by atoms with Gasteiger partial charge < -0.3 is 9.88 Å². The van der Waals surface area contributed by atoms with Crippen molar-refractivity contribution in [2.75, 3.05) is 5.32 Å². The maximum Gasteiger partial charge on any atom is 0.221 e. The van der Waals surface area contributed by atoms with Gasteiger partial charge in [-0.05, 0) is 47.5 Å². The van der Waals surface area contributed by atoms with Crippen molar-refractivity contribution in [3.8, 4) is 11.4 Å². The molecule has 3 aromatic carbocycles. The van der Waals surface area contributed by atoms with E-state index in [-0.39, 0.29) is 5.91 Å². The highest BCUT2D eigenvalue weighted by Gasteiger charge is 2.14. The van der Waals surface area contributed by atoms with Gasteiger partial charge in [-0.3, -0.25) is 4.79 Å². The van der Waals surface area contributed by atoms with Crippen LogP contribution in [0.25, 0.3) is 22.2 Å². The van der Waals surface area contributed by atoms with Crippen LogP contribution in [-0.2, 0) is 17.1 Å². The molecule has 0 unspecified atom stereocenters. The number of benzene rings is 3.